The van der Waals surface area contributed by atoms with Crippen LogP contribution in [0.15, 0.2) is 23.1 Å². The summed E-state index contributed by atoms with van der Waals surface area (Å²) >= 11 is 1.77. The van der Waals surface area contributed by atoms with Gasteiger partial charge in [-0.2, -0.15) is 0 Å². The predicted octanol–water partition coefficient (Wildman–Crippen LogP) is 2.87. The molecule has 1 aliphatic heterocycles. The van der Waals surface area contributed by atoms with Gasteiger partial charge < -0.3 is 15.4 Å². The molecule has 0 aliphatic carbocycles. The van der Waals surface area contributed by atoms with E-state index in [0.29, 0.717) is 12.6 Å². The summed E-state index contributed by atoms with van der Waals surface area (Å²) in [4.78, 5) is 3.77. The van der Waals surface area contributed by atoms with Crippen molar-refractivity contribution in [2.24, 2.45) is 5.73 Å². The van der Waals surface area contributed by atoms with Crippen LogP contribution >= 0.6 is 11.8 Å². The fourth-order valence-corrected chi connectivity index (χ4v) is 3.35. The number of morpholine rings is 1. The zero-order chi connectivity index (χ0) is 13.8. The summed E-state index contributed by atoms with van der Waals surface area (Å²) in [6, 6.07) is 6.94. The van der Waals surface area contributed by atoms with Gasteiger partial charge in [-0.15, -0.1) is 11.8 Å². The van der Waals surface area contributed by atoms with Crippen molar-refractivity contribution in [3.05, 3.63) is 23.8 Å². The van der Waals surface area contributed by atoms with Gasteiger partial charge in [-0.3, -0.25) is 0 Å². The van der Waals surface area contributed by atoms with Crippen molar-refractivity contribution in [3.63, 3.8) is 0 Å². The molecule has 0 radical (unpaired) electrons. The Balaban J connectivity index is 2.38. The van der Waals surface area contributed by atoms with Gasteiger partial charge in [0.05, 0.1) is 18.8 Å². The standard InChI is InChI=1S/C15H24N2OS/c1-4-12-10-18-11(2)9-17(12)14-6-5-7-15(19-3)13(14)8-16/h5-7,11-12H,4,8-10,16H2,1-3H3. The zero-order valence-electron chi connectivity index (χ0n) is 12.1. The van der Waals surface area contributed by atoms with E-state index in [0.717, 1.165) is 19.6 Å². The Labute approximate surface area is 120 Å². The summed E-state index contributed by atoms with van der Waals surface area (Å²) in [5.74, 6) is 0. The third-order valence-electron chi connectivity index (χ3n) is 3.78. The number of benzene rings is 1. The van der Waals surface area contributed by atoms with Crippen LogP contribution in [-0.4, -0.2) is 31.6 Å². The van der Waals surface area contributed by atoms with E-state index >= 15 is 0 Å². The fraction of sp³-hybridized carbons (Fsp3) is 0.600. The maximum absolute atomic E-state index is 5.98. The van der Waals surface area contributed by atoms with Gasteiger partial charge >= 0.3 is 0 Å². The minimum Gasteiger partial charge on any atom is -0.375 e. The van der Waals surface area contributed by atoms with Gasteiger partial charge in [0, 0.05) is 29.2 Å². The monoisotopic (exact) mass is 280 g/mol. The minimum absolute atomic E-state index is 0.284. The molecule has 2 atom stereocenters. The topological polar surface area (TPSA) is 38.5 Å². The fourth-order valence-electron chi connectivity index (χ4n) is 2.70. The van der Waals surface area contributed by atoms with Gasteiger partial charge in [0.15, 0.2) is 0 Å². The third-order valence-corrected chi connectivity index (χ3v) is 4.60. The molecule has 4 heteroatoms. The van der Waals surface area contributed by atoms with E-state index in [9.17, 15) is 0 Å². The average molecular weight is 280 g/mol. The lowest BCUT2D eigenvalue weighted by atomic mass is 10.1. The van der Waals surface area contributed by atoms with Crippen molar-refractivity contribution < 1.29 is 4.74 Å². The first kappa shape index (κ1) is 14.7. The Morgan fingerprint density at radius 3 is 2.89 bits per heavy atom. The quantitative estimate of drug-likeness (QED) is 0.861. The third kappa shape index (κ3) is 3.07. The second-order valence-electron chi connectivity index (χ2n) is 5.02. The second-order valence-corrected chi connectivity index (χ2v) is 5.87. The van der Waals surface area contributed by atoms with Crippen LogP contribution in [0.3, 0.4) is 0 Å². The van der Waals surface area contributed by atoms with Crippen LogP contribution in [0.4, 0.5) is 5.69 Å². The molecular weight excluding hydrogens is 256 g/mol. The van der Waals surface area contributed by atoms with Crippen LogP contribution < -0.4 is 10.6 Å². The number of hydrogen-bond donors (Lipinski definition) is 1. The lowest BCUT2D eigenvalue weighted by Crippen LogP contribution is -2.49. The first-order valence-corrected chi connectivity index (χ1v) is 8.17. The molecule has 2 unspecified atom stereocenters. The highest BCUT2D eigenvalue weighted by atomic mass is 32.2. The molecule has 2 N–H and O–H groups in total. The van der Waals surface area contributed by atoms with E-state index in [-0.39, 0.29) is 6.10 Å². The molecule has 106 valence electrons. The van der Waals surface area contributed by atoms with Gasteiger partial charge in [-0.05, 0) is 31.7 Å². The summed E-state index contributed by atoms with van der Waals surface area (Å²) in [6.45, 7) is 6.71. The van der Waals surface area contributed by atoms with Gasteiger partial charge in [-0.25, -0.2) is 0 Å². The maximum Gasteiger partial charge on any atom is 0.0723 e. The highest BCUT2D eigenvalue weighted by Crippen LogP contribution is 2.32. The Bertz CT molecular complexity index is 425. The molecule has 1 aromatic rings. The van der Waals surface area contributed by atoms with Gasteiger partial charge in [0.25, 0.3) is 0 Å². The Hall–Kier alpha value is -0.710. The maximum atomic E-state index is 5.98. The SMILES string of the molecule is CCC1COC(C)CN1c1cccc(SC)c1CN. The molecule has 3 nitrogen and oxygen atoms in total. The van der Waals surface area contributed by atoms with Gasteiger partial charge in [0.2, 0.25) is 0 Å². The van der Waals surface area contributed by atoms with E-state index in [2.05, 4.69) is 43.2 Å². The first-order valence-electron chi connectivity index (χ1n) is 6.95. The Kier molecular flexibility index (Phi) is 5.13. The lowest BCUT2D eigenvalue weighted by Gasteiger charge is -2.41. The van der Waals surface area contributed by atoms with E-state index in [4.69, 9.17) is 10.5 Å². The number of ether oxygens (including phenoxy) is 1. The van der Waals surface area contributed by atoms with Crippen molar-refractivity contribution in [3.8, 4) is 0 Å². The summed E-state index contributed by atoms with van der Waals surface area (Å²) in [5, 5.41) is 0. The summed E-state index contributed by atoms with van der Waals surface area (Å²) in [7, 11) is 0. The van der Waals surface area contributed by atoms with Gasteiger partial charge in [0.1, 0.15) is 0 Å². The number of nitrogens with two attached hydrogens (primary N) is 1. The summed E-state index contributed by atoms with van der Waals surface area (Å²) in [5.41, 5.74) is 8.54. The van der Waals surface area contributed by atoms with Gasteiger partial charge in [-0.1, -0.05) is 13.0 Å². The normalized spacial score (nSPS) is 23.7. The Morgan fingerprint density at radius 1 is 1.47 bits per heavy atom. The zero-order valence-corrected chi connectivity index (χ0v) is 12.9. The molecule has 0 amide bonds. The number of rotatable bonds is 4. The number of nitrogens with zero attached hydrogens (tertiary/aromatic N) is 1. The summed E-state index contributed by atoms with van der Waals surface area (Å²) in [6.07, 6.45) is 3.49. The van der Waals surface area contributed by atoms with Crippen molar-refractivity contribution in [2.45, 2.75) is 43.9 Å². The molecule has 2 rings (SSSR count). The van der Waals surface area contributed by atoms with Crippen LogP contribution in [-0.2, 0) is 11.3 Å². The highest BCUT2D eigenvalue weighted by molar-refractivity contribution is 7.98. The number of thioether (sulfide) groups is 1. The summed E-state index contributed by atoms with van der Waals surface area (Å²) < 4.78 is 5.79. The first-order chi connectivity index (χ1) is 9.21. The molecular formula is C15H24N2OS. The largest absolute Gasteiger partial charge is 0.375 e. The molecule has 0 aromatic heterocycles. The Morgan fingerprint density at radius 2 is 2.26 bits per heavy atom. The van der Waals surface area contributed by atoms with Crippen LogP contribution in [0.2, 0.25) is 0 Å². The molecule has 1 fully saturated rings. The van der Waals surface area contributed by atoms with Crippen LogP contribution in [0.5, 0.6) is 0 Å². The molecule has 1 saturated heterocycles. The van der Waals surface area contributed by atoms with E-state index < -0.39 is 0 Å². The average Bonchev–Trinajstić information content (AvgIpc) is 2.46. The second kappa shape index (κ2) is 6.64. The van der Waals surface area contributed by atoms with Crippen molar-refractivity contribution in [1.82, 2.24) is 0 Å². The molecule has 1 aromatic carbocycles. The highest BCUT2D eigenvalue weighted by Gasteiger charge is 2.27. The molecule has 0 saturated carbocycles. The van der Waals surface area contributed by atoms with Crippen molar-refractivity contribution in [2.75, 3.05) is 24.3 Å². The minimum atomic E-state index is 0.284. The van der Waals surface area contributed by atoms with Crippen molar-refractivity contribution in [1.29, 1.82) is 0 Å². The molecule has 1 aliphatic rings. The smallest absolute Gasteiger partial charge is 0.0723 e. The molecule has 19 heavy (non-hydrogen) atoms. The van der Waals surface area contributed by atoms with E-state index in [1.54, 1.807) is 11.8 Å². The number of hydrogen-bond acceptors (Lipinski definition) is 4. The predicted molar refractivity (Wildman–Crippen MR) is 83.0 cm³/mol. The lowest BCUT2D eigenvalue weighted by molar-refractivity contribution is 0.0299. The molecule has 1 heterocycles. The van der Waals surface area contributed by atoms with Crippen LogP contribution in [0, 0.1) is 0 Å². The van der Waals surface area contributed by atoms with Crippen LogP contribution in [0.25, 0.3) is 0 Å². The van der Waals surface area contributed by atoms with E-state index in [1.165, 1.54) is 16.1 Å². The van der Waals surface area contributed by atoms with Crippen molar-refractivity contribution >= 4 is 17.4 Å². The van der Waals surface area contributed by atoms with E-state index in [1.807, 2.05) is 0 Å². The van der Waals surface area contributed by atoms with Crippen LogP contribution in [0.1, 0.15) is 25.8 Å². The molecule has 0 bridgehead atoms. The molecule has 0 spiro atoms. The number of anilines is 1.